The van der Waals surface area contributed by atoms with Crippen LogP contribution in [0.4, 0.5) is 5.69 Å². The minimum absolute atomic E-state index is 0.0484. The topological polar surface area (TPSA) is 82.2 Å². The zero-order valence-electron chi connectivity index (χ0n) is 21.0. The number of rotatable bonds is 5. The van der Waals surface area contributed by atoms with E-state index in [1.54, 1.807) is 4.90 Å². The highest BCUT2D eigenvalue weighted by Crippen LogP contribution is 2.35. The van der Waals surface area contributed by atoms with Gasteiger partial charge in [-0.15, -0.1) is 0 Å². The number of nitrogens with one attached hydrogen (secondary N) is 1. The van der Waals surface area contributed by atoms with Gasteiger partial charge >= 0.3 is 0 Å². The first-order valence-electron chi connectivity index (χ1n) is 12.4. The number of carbonyl (C=O) groups excluding carboxylic acids is 3. The van der Waals surface area contributed by atoms with Crippen molar-refractivity contribution in [1.82, 2.24) is 15.1 Å². The summed E-state index contributed by atoms with van der Waals surface area (Å²) in [6, 6.07) is 6.30. The van der Waals surface area contributed by atoms with Gasteiger partial charge in [-0.2, -0.15) is 0 Å². The maximum atomic E-state index is 13.7. The van der Waals surface area contributed by atoms with Crippen molar-refractivity contribution in [3.63, 3.8) is 0 Å². The van der Waals surface area contributed by atoms with Crippen LogP contribution in [0.15, 0.2) is 24.3 Å². The molecule has 0 bridgehead atoms. The first kappa shape index (κ1) is 24.7. The molecule has 3 saturated heterocycles. The summed E-state index contributed by atoms with van der Waals surface area (Å²) in [5, 5.41) is 2.98. The molecular weight excluding hydrogens is 432 g/mol. The van der Waals surface area contributed by atoms with Crippen molar-refractivity contribution in [2.24, 2.45) is 11.3 Å². The molecular formula is C26H38N4O4. The molecule has 0 aromatic heterocycles. The average molecular weight is 471 g/mol. The first-order chi connectivity index (χ1) is 16.1. The van der Waals surface area contributed by atoms with E-state index < -0.39 is 17.5 Å². The Kier molecular flexibility index (Phi) is 7.01. The molecule has 8 heteroatoms. The summed E-state index contributed by atoms with van der Waals surface area (Å²) in [4.78, 5) is 45.6. The van der Waals surface area contributed by atoms with E-state index in [4.69, 9.17) is 4.74 Å². The molecule has 0 aliphatic carbocycles. The molecule has 186 valence electrons. The number of fused-ring (bicyclic) bond motifs is 1. The van der Waals surface area contributed by atoms with Crippen molar-refractivity contribution in [3.05, 3.63) is 29.8 Å². The number of benzene rings is 1. The number of hydrogen-bond donors (Lipinski definition) is 1. The minimum Gasteiger partial charge on any atom is -0.369 e. The summed E-state index contributed by atoms with van der Waals surface area (Å²) in [7, 11) is 2.12. The number of hydrogen-bond acceptors (Lipinski definition) is 6. The number of ketones is 1. The lowest BCUT2D eigenvalue weighted by Gasteiger charge is -2.35. The van der Waals surface area contributed by atoms with E-state index in [9.17, 15) is 14.4 Å². The first-order valence-corrected chi connectivity index (χ1v) is 12.4. The molecule has 0 radical (unpaired) electrons. The van der Waals surface area contributed by atoms with Crippen LogP contribution in [0, 0.1) is 11.3 Å². The molecule has 1 aromatic rings. The molecule has 3 heterocycles. The Morgan fingerprint density at radius 3 is 2.35 bits per heavy atom. The van der Waals surface area contributed by atoms with E-state index >= 15 is 0 Å². The van der Waals surface area contributed by atoms with Gasteiger partial charge in [0.2, 0.25) is 5.91 Å². The summed E-state index contributed by atoms with van der Waals surface area (Å²) in [5.41, 5.74) is 1.10. The standard InChI is InChI=1S/C26H38N4O4/c1-6-17-15-30(21-20(31)16-34-22(17)21)25(33)23(26(2,3)4)27-24(32)18-7-9-19(10-8-18)29-13-11-28(5)12-14-29/h7-10,17,21-23H,6,11-16H2,1-5H3,(H,27,32)/t17-,21+,22+,23+/m0/s1. The Bertz CT molecular complexity index is 918. The van der Waals surface area contributed by atoms with Crippen LogP contribution < -0.4 is 10.2 Å². The van der Waals surface area contributed by atoms with Crippen LogP contribution in [0.3, 0.4) is 0 Å². The molecule has 8 nitrogen and oxygen atoms in total. The summed E-state index contributed by atoms with van der Waals surface area (Å²) < 4.78 is 5.72. The number of piperazine rings is 1. The van der Waals surface area contributed by atoms with E-state index in [1.165, 1.54) is 0 Å². The van der Waals surface area contributed by atoms with Crippen LogP contribution >= 0.6 is 0 Å². The van der Waals surface area contributed by atoms with E-state index in [0.29, 0.717) is 12.1 Å². The van der Waals surface area contributed by atoms with Crippen molar-refractivity contribution in [3.8, 4) is 0 Å². The smallest absolute Gasteiger partial charge is 0.251 e. The van der Waals surface area contributed by atoms with E-state index in [0.717, 1.165) is 38.3 Å². The maximum Gasteiger partial charge on any atom is 0.251 e. The highest BCUT2D eigenvalue weighted by atomic mass is 16.5. The van der Waals surface area contributed by atoms with E-state index in [-0.39, 0.29) is 36.2 Å². The number of amides is 2. The molecule has 1 aromatic carbocycles. The molecule has 1 N–H and O–H groups in total. The van der Waals surface area contributed by atoms with Crippen molar-refractivity contribution in [2.45, 2.75) is 52.3 Å². The Balaban J connectivity index is 1.48. The quantitative estimate of drug-likeness (QED) is 0.707. The van der Waals surface area contributed by atoms with Crippen LogP contribution in [0.1, 0.15) is 44.5 Å². The lowest BCUT2D eigenvalue weighted by atomic mass is 9.85. The SMILES string of the molecule is CC[C@H]1CN(C(=O)[C@@H](NC(=O)c2ccc(N3CCN(C)CC3)cc2)C(C)(C)C)[C@@H]2C(=O)CO[C@H]12. The number of likely N-dealkylation sites (tertiary alicyclic amines) is 1. The van der Waals surface area contributed by atoms with Gasteiger partial charge in [-0.05, 0) is 43.1 Å². The van der Waals surface area contributed by atoms with Crippen LogP contribution in [0.25, 0.3) is 0 Å². The number of ether oxygens (including phenoxy) is 1. The monoisotopic (exact) mass is 470 g/mol. The summed E-state index contributed by atoms with van der Waals surface area (Å²) in [6.45, 7) is 12.4. The molecule has 4 atom stereocenters. The van der Waals surface area contributed by atoms with Gasteiger partial charge in [0.05, 0.1) is 6.10 Å². The Labute approximate surface area is 202 Å². The molecule has 2 amide bonds. The molecule has 0 saturated carbocycles. The number of anilines is 1. The van der Waals surface area contributed by atoms with Gasteiger partial charge in [-0.3, -0.25) is 14.4 Å². The molecule has 3 aliphatic heterocycles. The second kappa shape index (κ2) is 9.66. The lowest BCUT2D eigenvalue weighted by Crippen LogP contribution is -2.57. The molecule has 3 fully saturated rings. The zero-order chi connectivity index (χ0) is 24.6. The van der Waals surface area contributed by atoms with E-state index in [2.05, 4.69) is 29.1 Å². The Morgan fingerprint density at radius 2 is 1.76 bits per heavy atom. The maximum absolute atomic E-state index is 13.7. The Morgan fingerprint density at radius 1 is 1.12 bits per heavy atom. The van der Waals surface area contributed by atoms with Gasteiger partial charge in [0.15, 0.2) is 5.78 Å². The molecule has 3 aliphatic rings. The largest absolute Gasteiger partial charge is 0.369 e. The van der Waals surface area contributed by atoms with Crippen molar-refractivity contribution >= 4 is 23.3 Å². The minimum atomic E-state index is -0.748. The van der Waals surface area contributed by atoms with Crippen molar-refractivity contribution < 1.29 is 19.1 Å². The van der Waals surface area contributed by atoms with Gasteiger partial charge < -0.3 is 24.8 Å². The van der Waals surface area contributed by atoms with Crippen LogP contribution in [0.2, 0.25) is 0 Å². The second-order valence-electron chi connectivity index (χ2n) is 11.0. The number of nitrogens with zero attached hydrogens (tertiary/aromatic N) is 3. The zero-order valence-corrected chi connectivity index (χ0v) is 21.0. The number of Topliss-reactive ketones (excluding diaryl/α,β-unsaturated/α-hetero) is 1. The lowest BCUT2D eigenvalue weighted by molar-refractivity contribution is -0.140. The highest BCUT2D eigenvalue weighted by molar-refractivity contribution is 5.99. The van der Waals surface area contributed by atoms with Gasteiger partial charge in [-0.25, -0.2) is 0 Å². The molecule has 0 spiro atoms. The fourth-order valence-electron chi connectivity index (χ4n) is 5.26. The average Bonchev–Trinajstić information content (AvgIpc) is 3.37. The van der Waals surface area contributed by atoms with Crippen molar-refractivity contribution in [2.75, 3.05) is 51.3 Å². The van der Waals surface area contributed by atoms with Crippen LogP contribution in [-0.4, -0.2) is 92.0 Å². The third-order valence-electron chi connectivity index (χ3n) is 7.48. The Hall–Kier alpha value is -2.45. The third-order valence-corrected chi connectivity index (χ3v) is 7.48. The normalized spacial score (nSPS) is 26.5. The van der Waals surface area contributed by atoms with Gasteiger partial charge in [0.1, 0.15) is 18.7 Å². The van der Waals surface area contributed by atoms with Gasteiger partial charge in [-0.1, -0.05) is 27.7 Å². The fourth-order valence-corrected chi connectivity index (χ4v) is 5.26. The van der Waals surface area contributed by atoms with E-state index in [1.807, 2.05) is 45.0 Å². The second-order valence-corrected chi connectivity index (χ2v) is 11.0. The number of carbonyl (C=O) groups is 3. The number of likely N-dealkylation sites (N-methyl/N-ethyl adjacent to an activating group) is 1. The van der Waals surface area contributed by atoms with Gasteiger partial charge in [0, 0.05) is 49.9 Å². The van der Waals surface area contributed by atoms with Crippen LogP contribution in [0.5, 0.6) is 0 Å². The van der Waals surface area contributed by atoms with Gasteiger partial charge in [0.25, 0.3) is 5.91 Å². The van der Waals surface area contributed by atoms with Crippen LogP contribution in [-0.2, 0) is 14.3 Å². The summed E-state index contributed by atoms with van der Waals surface area (Å²) in [6.07, 6.45) is 0.602. The third kappa shape index (κ3) is 4.84. The molecule has 4 rings (SSSR count). The summed E-state index contributed by atoms with van der Waals surface area (Å²) in [5.74, 6) is -0.402. The predicted octanol–water partition coefficient (Wildman–Crippen LogP) is 1.79. The fraction of sp³-hybridized carbons (Fsp3) is 0.654. The highest BCUT2D eigenvalue weighted by Gasteiger charge is 2.53. The molecule has 0 unspecified atom stereocenters. The van der Waals surface area contributed by atoms with Crippen molar-refractivity contribution in [1.29, 1.82) is 0 Å². The molecule has 34 heavy (non-hydrogen) atoms. The predicted molar refractivity (Wildman–Crippen MR) is 131 cm³/mol. The summed E-state index contributed by atoms with van der Waals surface area (Å²) >= 11 is 0.